The van der Waals surface area contributed by atoms with Gasteiger partial charge in [0.15, 0.2) is 0 Å². The second-order valence-electron chi connectivity index (χ2n) is 3.28. The average molecular weight is 179 g/mol. The maximum absolute atomic E-state index is 13.2. The summed E-state index contributed by atoms with van der Waals surface area (Å²) in [5.74, 6) is -0.101. The molecule has 0 aromatic heterocycles. The van der Waals surface area contributed by atoms with Crippen molar-refractivity contribution in [2.24, 2.45) is 0 Å². The molecule has 0 amide bonds. The third kappa shape index (κ3) is 1.60. The van der Waals surface area contributed by atoms with E-state index in [0.717, 1.165) is 17.7 Å². The first-order valence-electron chi connectivity index (χ1n) is 4.29. The Morgan fingerprint density at radius 2 is 2.31 bits per heavy atom. The molecule has 1 heterocycles. The molecule has 0 radical (unpaired) electrons. The maximum atomic E-state index is 13.2. The van der Waals surface area contributed by atoms with E-state index in [4.69, 9.17) is 4.65 Å². The van der Waals surface area contributed by atoms with Crippen LogP contribution in [0.25, 0.3) is 0 Å². The molecule has 2 rings (SSSR count). The molecule has 4 heteroatoms. The second-order valence-corrected chi connectivity index (χ2v) is 3.28. The van der Waals surface area contributed by atoms with Crippen LogP contribution in [0.15, 0.2) is 18.2 Å². The van der Waals surface area contributed by atoms with E-state index in [-0.39, 0.29) is 5.82 Å². The predicted molar refractivity (Wildman–Crippen MR) is 49.8 cm³/mol. The van der Waals surface area contributed by atoms with E-state index in [1.165, 1.54) is 6.07 Å². The highest BCUT2D eigenvalue weighted by Crippen LogP contribution is 2.23. The predicted octanol–water partition coefficient (Wildman–Crippen LogP) is 1.05. The van der Waals surface area contributed by atoms with Gasteiger partial charge in [-0.25, -0.2) is 4.39 Å². The molecular formula is C9H11BFNO. The van der Waals surface area contributed by atoms with Crippen LogP contribution in [0.2, 0.25) is 0 Å². The minimum absolute atomic E-state index is 0.101. The monoisotopic (exact) mass is 179 g/mol. The van der Waals surface area contributed by atoms with Crippen molar-refractivity contribution in [3.63, 3.8) is 0 Å². The average Bonchev–Trinajstić information content (AvgIpc) is 2.49. The highest BCUT2D eigenvalue weighted by Gasteiger charge is 2.21. The Hall–Kier alpha value is -0.865. The molecule has 1 aliphatic rings. The van der Waals surface area contributed by atoms with Gasteiger partial charge in [0.05, 0.1) is 0 Å². The standard InChI is InChI=1S/C9H11BFNO/c1-13-10-12-5-7-3-2-4-9(11)8(7)6-12/h2-4,10H,5-6H2,1H3. The van der Waals surface area contributed by atoms with Gasteiger partial charge in [0.2, 0.25) is 0 Å². The van der Waals surface area contributed by atoms with Gasteiger partial charge >= 0.3 is 7.62 Å². The Morgan fingerprint density at radius 3 is 3.00 bits per heavy atom. The van der Waals surface area contributed by atoms with E-state index >= 15 is 0 Å². The molecule has 0 fully saturated rings. The largest absolute Gasteiger partial charge is 0.427 e. The Labute approximate surface area is 77.6 Å². The second kappa shape index (κ2) is 3.48. The molecule has 1 aliphatic heterocycles. The zero-order chi connectivity index (χ0) is 9.26. The summed E-state index contributed by atoms with van der Waals surface area (Å²) in [6, 6.07) is 5.23. The number of nitrogens with zero attached hydrogens (tertiary/aromatic N) is 1. The van der Waals surface area contributed by atoms with E-state index in [9.17, 15) is 4.39 Å². The van der Waals surface area contributed by atoms with Crippen molar-refractivity contribution in [1.82, 2.24) is 4.81 Å². The van der Waals surface area contributed by atoms with E-state index < -0.39 is 0 Å². The lowest BCUT2D eigenvalue weighted by Crippen LogP contribution is -2.22. The minimum Gasteiger partial charge on any atom is -0.427 e. The molecule has 0 N–H and O–H groups in total. The van der Waals surface area contributed by atoms with Gasteiger partial charge in [0, 0.05) is 25.8 Å². The van der Waals surface area contributed by atoms with E-state index in [2.05, 4.69) is 4.81 Å². The quantitative estimate of drug-likeness (QED) is 0.629. The van der Waals surface area contributed by atoms with Crippen molar-refractivity contribution in [3.8, 4) is 0 Å². The number of hydrogen-bond donors (Lipinski definition) is 0. The Balaban J connectivity index is 2.20. The van der Waals surface area contributed by atoms with Crippen LogP contribution in [0.1, 0.15) is 11.1 Å². The molecule has 0 saturated carbocycles. The van der Waals surface area contributed by atoms with Gasteiger partial charge in [-0.1, -0.05) is 12.1 Å². The summed E-state index contributed by atoms with van der Waals surface area (Å²) in [6.45, 7) is 1.46. The summed E-state index contributed by atoms with van der Waals surface area (Å²) in [5, 5.41) is 0. The lowest BCUT2D eigenvalue weighted by atomic mass is 10.1. The van der Waals surface area contributed by atoms with Gasteiger partial charge in [-0.15, -0.1) is 0 Å². The molecule has 0 aliphatic carbocycles. The fourth-order valence-corrected chi connectivity index (χ4v) is 1.72. The van der Waals surface area contributed by atoms with Gasteiger partial charge in [-0.05, 0) is 11.6 Å². The first kappa shape index (κ1) is 8.72. The molecule has 2 nitrogen and oxygen atoms in total. The molecule has 0 spiro atoms. The highest BCUT2D eigenvalue weighted by atomic mass is 19.1. The smallest absolute Gasteiger partial charge is 0.363 e. The van der Waals surface area contributed by atoms with Crippen molar-refractivity contribution in [2.75, 3.05) is 7.11 Å². The van der Waals surface area contributed by atoms with Crippen LogP contribution in [0.5, 0.6) is 0 Å². The van der Waals surface area contributed by atoms with Crippen LogP contribution in [0.4, 0.5) is 4.39 Å². The Kier molecular flexibility index (Phi) is 2.33. The zero-order valence-electron chi connectivity index (χ0n) is 7.59. The molecule has 68 valence electrons. The summed E-state index contributed by atoms with van der Waals surface area (Å²) < 4.78 is 18.2. The SMILES string of the molecule is COBN1Cc2cccc(F)c2C1. The number of halogens is 1. The van der Waals surface area contributed by atoms with E-state index in [0.29, 0.717) is 14.2 Å². The van der Waals surface area contributed by atoms with Crippen molar-refractivity contribution in [2.45, 2.75) is 13.1 Å². The van der Waals surface area contributed by atoms with Crippen LogP contribution < -0.4 is 0 Å². The molecule has 0 saturated heterocycles. The van der Waals surface area contributed by atoms with Crippen LogP contribution in [-0.2, 0) is 17.7 Å². The van der Waals surface area contributed by atoms with E-state index in [1.54, 1.807) is 13.2 Å². The van der Waals surface area contributed by atoms with Gasteiger partial charge < -0.3 is 9.47 Å². The van der Waals surface area contributed by atoms with Crippen molar-refractivity contribution >= 4 is 7.62 Å². The molecule has 1 aromatic rings. The van der Waals surface area contributed by atoms with Gasteiger partial charge in [0.25, 0.3) is 0 Å². The third-order valence-electron chi connectivity index (χ3n) is 2.30. The molecule has 13 heavy (non-hydrogen) atoms. The van der Waals surface area contributed by atoms with Crippen LogP contribution in [-0.4, -0.2) is 19.5 Å². The summed E-state index contributed by atoms with van der Waals surface area (Å²) in [6.07, 6.45) is 0. The third-order valence-corrected chi connectivity index (χ3v) is 2.30. The topological polar surface area (TPSA) is 12.5 Å². The Bertz CT molecular complexity index is 318. The Morgan fingerprint density at radius 1 is 1.46 bits per heavy atom. The van der Waals surface area contributed by atoms with Crippen LogP contribution in [0.3, 0.4) is 0 Å². The van der Waals surface area contributed by atoms with Crippen molar-refractivity contribution in [3.05, 3.63) is 35.1 Å². The minimum atomic E-state index is -0.101. The zero-order valence-corrected chi connectivity index (χ0v) is 7.59. The molecule has 0 bridgehead atoms. The fraction of sp³-hybridized carbons (Fsp3) is 0.333. The molecule has 0 atom stereocenters. The lowest BCUT2D eigenvalue weighted by molar-refractivity contribution is 0.344. The molecular weight excluding hydrogens is 168 g/mol. The molecule has 0 unspecified atom stereocenters. The van der Waals surface area contributed by atoms with E-state index in [1.807, 2.05) is 6.07 Å². The summed E-state index contributed by atoms with van der Waals surface area (Å²) >= 11 is 0. The number of fused-ring (bicyclic) bond motifs is 1. The van der Waals surface area contributed by atoms with Crippen LogP contribution >= 0.6 is 0 Å². The lowest BCUT2D eigenvalue weighted by Gasteiger charge is -2.10. The summed E-state index contributed by atoms with van der Waals surface area (Å²) in [7, 11) is 2.22. The first-order valence-corrected chi connectivity index (χ1v) is 4.29. The normalized spacial score (nSPS) is 15.8. The molecule has 1 aromatic carbocycles. The highest BCUT2D eigenvalue weighted by molar-refractivity contribution is 6.23. The fourth-order valence-electron chi connectivity index (χ4n) is 1.72. The number of hydrogen-bond acceptors (Lipinski definition) is 2. The van der Waals surface area contributed by atoms with Gasteiger partial charge in [-0.2, -0.15) is 0 Å². The van der Waals surface area contributed by atoms with Crippen molar-refractivity contribution < 1.29 is 9.04 Å². The summed E-state index contributed by atoms with van der Waals surface area (Å²) in [4.78, 5) is 2.06. The van der Waals surface area contributed by atoms with Gasteiger partial charge in [0.1, 0.15) is 5.82 Å². The van der Waals surface area contributed by atoms with Crippen molar-refractivity contribution in [1.29, 1.82) is 0 Å². The summed E-state index contributed by atoms with van der Waals surface area (Å²) in [5.41, 5.74) is 1.90. The first-order chi connectivity index (χ1) is 6.31. The number of benzene rings is 1. The van der Waals surface area contributed by atoms with Crippen LogP contribution in [0, 0.1) is 5.82 Å². The number of rotatable bonds is 2. The maximum Gasteiger partial charge on any atom is 0.363 e. The van der Waals surface area contributed by atoms with Gasteiger partial charge in [-0.3, -0.25) is 0 Å².